The Balaban J connectivity index is 1.40. The number of unbranched alkanes of at least 4 members (excludes halogenated alkanes) is 1. The van der Waals surface area contributed by atoms with E-state index in [1.807, 2.05) is 6.92 Å². The molecular weight excluding hydrogens is 503 g/mol. The molecule has 0 unspecified atom stereocenters. The SMILES string of the molecule is CCCCOc1ccc(-c2ccc(C3CCC(C(=O)Oc4ccc(C)c(F)c4F)CC3)cc2F)c(F)c1F. The average molecular weight is 533 g/mol. The quantitative estimate of drug-likeness (QED) is 0.126. The van der Waals surface area contributed by atoms with Crippen LogP contribution in [-0.2, 0) is 4.79 Å². The molecule has 0 spiro atoms. The summed E-state index contributed by atoms with van der Waals surface area (Å²) in [5.41, 5.74) is 0.544. The van der Waals surface area contributed by atoms with Gasteiger partial charge in [0, 0.05) is 11.1 Å². The molecule has 1 saturated carbocycles. The molecule has 8 heteroatoms. The van der Waals surface area contributed by atoms with E-state index >= 15 is 4.39 Å². The molecule has 202 valence electrons. The smallest absolute Gasteiger partial charge is 0.314 e. The first kappa shape index (κ1) is 27.6. The van der Waals surface area contributed by atoms with Gasteiger partial charge in [-0.1, -0.05) is 31.5 Å². The summed E-state index contributed by atoms with van der Waals surface area (Å²) in [4.78, 5) is 12.5. The van der Waals surface area contributed by atoms with Crippen LogP contribution in [0.15, 0.2) is 42.5 Å². The van der Waals surface area contributed by atoms with Crippen molar-refractivity contribution in [1.82, 2.24) is 0 Å². The fraction of sp³-hybridized carbons (Fsp3) is 0.367. The summed E-state index contributed by atoms with van der Waals surface area (Å²) in [6.07, 6.45) is 3.52. The van der Waals surface area contributed by atoms with E-state index in [0.29, 0.717) is 37.7 Å². The van der Waals surface area contributed by atoms with E-state index in [-0.39, 0.29) is 35.0 Å². The Kier molecular flexibility index (Phi) is 8.69. The Morgan fingerprint density at radius 3 is 2.16 bits per heavy atom. The van der Waals surface area contributed by atoms with Crippen molar-refractivity contribution < 1.29 is 36.2 Å². The minimum Gasteiger partial charge on any atom is -0.490 e. The van der Waals surface area contributed by atoms with Gasteiger partial charge in [0.25, 0.3) is 0 Å². The molecular formula is C30H29F5O3. The molecule has 0 N–H and O–H groups in total. The van der Waals surface area contributed by atoms with Gasteiger partial charge in [0.05, 0.1) is 12.5 Å². The summed E-state index contributed by atoms with van der Waals surface area (Å²) < 4.78 is 82.5. The molecule has 3 aromatic rings. The van der Waals surface area contributed by atoms with Gasteiger partial charge in [0.15, 0.2) is 23.1 Å². The molecule has 38 heavy (non-hydrogen) atoms. The van der Waals surface area contributed by atoms with E-state index in [1.54, 1.807) is 6.07 Å². The third-order valence-electron chi connectivity index (χ3n) is 7.07. The topological polar surface area (TPSA) is 35.5 Å². The first-order chi connectivity index (χ1) is 18.2. The van der Waals surface area contributed by atoms with Crippen LogP contribution >= 0.6 is 0 Å². The van der Waals surface area contributed by atoms with Crippen LogP contribution in [0.3, 0.4) is 0 Å². The van der Waals surface area contributed by atoms with E-state index < -0.39 is 46.7 Å². The number of hydrogen-bond acceptors (Lipinski definition) is 3. The van der Waals surface area contributed by atoms with Crippen LogP contribution < -0.4 is 9.47 Å². The van der Waals surface area contributed by atoms with Gasteiger partial charge in [-0.3, -0.25) is 4.79 Å². The number of aryl methyl sites for hydroxylation is 1. The van der Waals surface area contributed by atoms with E-state index in [9.17, 15) is 22.4 Å². The van der Waals surface area contributed by atoms with Gasteiger partial charge in [0.1, 0.15) is 5.82 Å². The summed E-state index contributed by atoms with van der Waals surface area (Å²) >= 11 is 0. The number of carbonyl (C=O) groups excluding carboxylic acids is 1. The molecule has 3 aromatic carbocycles. The molecule has 3 nitrogen and oxygen atoms in total. The molecule has 0 bridgehead atoms. The zero-order valence-electron chi connectivity index (χ0n) is 21.3. The van der Waals surface area contributed by atoms with Gasteiger partial charge in [0.2, 0.25) is 11.6 Å². The van der Waals surface area contributed by atoms with E-state index in [1.165, 1.54) is 43.3 Å². The van der Waals surface area contributed by atoms with Crippen molar-refractivity contribution >= 4 is 5.97 Å². The molecule has 0 amide bonds. The molecule has 0 aliphatic heterocycles. The highest BCUT2D eigenvalue weighted by molar-refractivity contribution is 5.75. The van der Waals surface area contributed by atoms with Gasteiger partial charge in [-0.25, -0.2) is 13.2 Å². The molecule has 4 rings (SSSR count). The fourth-order valence-corrected chi connectivity index (χ4v) is 4.74. The van der Waals surface area contributed by atoms with Crippen molar-refractivity contribution in [2.75, 3.05) is 6.61 Å². The summed E-state index contributed by atoms with van der Waals surface area (Å²) in [5, 5.41) is 0. The monoisotopic (exact) mass is 532 g/mol. The van der Waals surface area contributed by atoms with Crippen LogP contribution in [0.5, 0.6) is 11.5 Å². The van der Waals surface area contributed by atoms with Crippen molar-refractivity contribution in [2.45, 2.75) is 58.3 Å². The molecule has 0 radical (unpaired) electrons. The number of carbonyl (C=O) groups is 1. The Morgan fingerprint density at radius 2 is 1.47 bits per heavy atom. The van der Waals surface area contributed by atoms with E-state index in [0.717, 1.165) is 6.42 Å². The second kappa shape index (κ2) is 12.0. The number of ether oxygens (including phenoxy) is 2. The van der Waals surface area contributed by atoms with Gasteiger partial charge in [-0.05, 0) is 80.3 Å². The van der Waals surface area contributed by atoms with Gasteiger partial charge >= 0.3 is 5.97 Å². The van der Waals surface area contributed by atoms with Crippen molar-refractivity contribution in [3.8, 4) is 22.6 Å². The lowest BCUT2D eigenvalue weighted by Crippen LogP contribution is -2.25. The molecule has 0 atom stereocenters. The van der Waals surface area contributed by atoms with Crippen LogP contribution in [0, 0.1) is 41.9 Å². The number of benzene rings is 3. The van der Waals surface area contributed by atoms with Crippen molar-refractivity contribution in [3.05, 3.63) is 82.7 Å². The van der Waals surface area contributed by atoms with Crippen molar-refractivity contribution in [3.63, 3.8) is 0 Å². The Morgan fingerprint density at radius 1 is 0.816 bits per heavy atom. The Bertz CT molecular complexity index is 1320. The zero-order chi connectivity index (χ0) is 27.4. The van der Waals surface area contributed by atoms with Gasteiger partial charge < -0.3 is 9.47 Å². The van der Waals surface area contributed by atoms with Crippen molar-refractivity contribution in [2.24, 2.45) is 5.92 Å². The minimum absolute atomic E-state index is 0.0490. The number of halogens is 5. The molecule has 0 heterocycles. The maximum atomic E-state index is 15.0. The Hall–Kier alpha value is -3.42. The minimum atomic E-state index is -1.20. The first-order valence-corrected chi connectivity index (χ1v) is 12.8. The van der Waals surface area contributed by atoms with Crippen molar-refractivity contribution in [1.29, 1.82) is 0 Å². The van der Waals surface area contributed by atoms with Crippen LogP contribution in [0.4, 0.5) is 22.0 Å². The van der Waals surface area contributed by atoms with Gasteiger partial charge in [-0.15, -0.1) is 0 Å². The second-order valence-corrected chi connectivity index (χ2v) is 9.66. The molecule has 1 fully saturated rings. The highest BCUT2D eigenvalue weighted by atomic mass is 19.2. The fourth-order valence-electron chi connectivity index (χ4n) is 4.74. The molecule has 0 aromatic heterocycles. The van der Waals surface area contributed by atoms with Crippen LogP contribution in [0.25, 0.3) is 11.1 Å². The number of esters is 1. The third-order valence-corrected chi connectivity index (χ3v) is 7.07. The predicted molar refractivity (Wildman–Crippen MR) is 134 cm³/mol. The molecule has 1 aliphatic rings. The van der Waals surface area contributed by atoms with Crippen LogP contribution in [0.2, 0.25) is 0 Å². The standard InChI is InChI=1S/C30H29F5O3/c1-3-4-15-37-24-14-12-22(27(33)28(24)34)21-11-10-20(16-23(21)31)18-6-8-19(9-7-18)30(36)38-25-13-5-17(2)26(32)29(25)35/h5,10-14,16,18-19H,3-4,6-9,15H2,1-2H3. The normalized spacial score (nSPS) is 17.3. The number of hydrogen-bond donors (Lipinski definition) is 0. The molecule has 0 saturated heterocycles. The summed E-state index contributed by atoms with van der Waals surface area (Å²) in [7, 11) is 0. The summed E-state index contributed by atoms with van der Waals surface area (Å²) in [6.45, 7) is 3.62. The Labute approximate surface area is 218 Å². The lowest BCUT2D eigenvalue weighted by atomic mass is 9.78. The largest absolute Gasteiger partial charge is 0.490 e. The van der Waals surface area contributed by atoms with Crippen LogP contribution in [0.1, 0.15) is 62.5 Å². The highest BCUT2D eigenvalue weighted by Crippen LogP contribution is 2.39. The maximum Gasteiger partial charge on any atom is 0.314 e. The lowest BCUT2D eigenvalue weighted by molar-refractivity contribution is -0.140. The summed E-state index contributed by atoms with van der Waals surface area (Å²) in [6, 6.07) is 9.58. The van der Waals surface area contributed by atoms with Gasteiger partial charge in [-0.2, -0.15) is 8.78 Å². The first-order valence-electron chi connectivity index (χ1n) is 12.8. The second-order valence-electron chi connectivity index (χ2n) is 9.66. The number of rotatable bonds is 8. The molecule has 1 aliphatic carbocycles. The van der Waals surface area contributed by atoms with E-state index in [4.69, 9.17) is 9.47 Å². The summed E-state index contributed by atoms with van der Waals surface area (Å²) in [5.74, 6) is -7.08. The average Bonchev–Trinajstić information content (AvgIpc) is 2.92. The predicted octanol–water partition coefficient (Wildman–Crippen LogP) is 8.42. The third kappa shape index (κ3) is 5.84. The van der Waals surface area contributed by atoms with E-state index in [2.05, 4.69) is 0 Å². The maximum absolute atomic E-state index is 15.0. The zero-order valence-corrected chi connectivity index (χ0v) is 21.3. The highest BCUT2D eigenvalue weighted by Gasteiger charge is 2.30. The van der Waals surface area contributed by atoms with Crippen LogP contribution in [-0.4, -0.2) is 12.6 Å². The lowest BCUT2D eigenvalue weighted by Gasteiger charge is -2.27.